The van der Waals surface area contributed by atoms with Crippen LogP contribution in [-0.4, -0.2) is 30.3 Å². The number of hydrogen-bond acceptors (Lipinski definition) is 2. The van der Waals surface area contributed by atoms with Crippen LogP contribution in [0.15, 0.2) is 11.1 Å². The molecule has 0 unspecified atom stereocenters. The molecule has 86 valence electrons. The zero-order valence-corrected chi connectivity index (χ0v) is 12.2. The molecule has 2 rings (SSSR count). The topological polar surface area (TPSA) is 28.5 Å². The highest BCUT2D eigenvalue weighted by Crippen LogP contribution is 2.41. The van der Waals surface area contributed by atoms with Crippen LogP contribution in [0.2, 0.25) is 5.02 Å². The second-order valence-electron chi connectivity index (χ2n) is 4.15. The summed E-state index contributed by atoms with van der Waals surface area (Å²) in [6, 6.07) is 1.97. The van der Waals surface area contributed by atoms with Crippen LogP contribution in [0.25, 0.3) is 0 Å². The van der Waals surface area contributed by atoms with E-state index >= 15 is 0 Å². The van der Waals surface area contributed by atoms with Crippen molar-refractivity contribution in [2.45, 2.75) is 18.8 Å². The number of nitrogens with zero attached hydrogens (tertiary/aromatic N) is 3. The lowest BCUT2D eigenvalue weighted by Crippen LogP contribution is -2.07. The Hall–Kier alpha value is -0.360. The number of halogens is 2. The highest BCUT2D eigenvalue weighted by Gasteiger charge is 2.26. The lowest BCUT2D eigenvalue weighted by molar-refractivity contribution is 0.643. The van der Waals surface area contributed by atoms with Crippen LogP contribution in [0.1, 0.15) is 24.5 Å². The molecule has 0 radical (unpaired) electrons. The first-order valence-electron chi connectivity index (χ1n) is 5.14. The van der Waals surface area contributed by atoms with E-state index in [1.807, 2.05) is 25.1 Å². The minimum Gasteiger partial charge on any atom is -0.369 e. The summed E-state index contributed by atoms with van der Waals surface area (Å²) in [5.74, 6) is 1.33. The molecule has 1 heterocycles. The summed E-state index contributed by atoms with van der Waals surface area (Å²) in [4.78, 5) is 10.8. The van der Waals surface area contributed by atoms with E-state index < -0.39 is 0 Å². The van der Waals surface area contributed by atoms with Crippen molar-refractivity contribution in [3.63, 3.8) is 0 Å². The van der Waals surface area contributed by atoms with Gasteiger partial charge in [0, 0.05) is 25.7 Å². The first kappa shape index (κ1) is 12.1. The van der Waals surface area contributed by atoms with E-state index in [0.717, 1.165) is 20.1 Å². The Kier molecular flexibility index (Phi) is 3.69. The summed E-state index contributed by atoms with van der Waals surface area (Å²) in [7, 11) is 3.87. The predicted molar refractivity (Wildman–Crippen MR) is 75.8 cm³/mol. The predicted octanol–water partition coefficient (Wildman–Crippen LogP) is 3.44. The molecule has 1 aromatic heterocycles. The van der Waals surface area contributed by atoms with Crippen molar-refractivity contribution in [3.8, 4) is 0 Å². The standard InChI is InChI=1S/C11H13ClIN3/c1-16(2)6-14-11-10(13)8(12)5-9(15-11)7-3-4-7/h5-7H,3-4H2,1-2H3. The SMILES string of the molecule is CN(C)C=Nc1nc(C2CC2)cc(Cl)c1I. The van der Waals surface area contributed by atoms with Crippen LogP contribution in [0.4, 0.5) is 5.82 Å². The van der Waals surface area contributed by atoms with Crippen molar-refractivity contribution in [2.75, 3.05) is 14.1 Å². The molecule has 1 aromatic rings. The molecule has 0 aliphatic heterocycles. The van der Waals surface area contributed by atoms with Crippen molar-refractivity contribution in [1.82, 2.24) is 9.88 Å². The van der Waals surface area contributed by atoms with E-state index in [1.165, 1.54) is 12.8 Å². The first-order chi connectivity index (χ1) is 7.58. The average molecular weight is 350 g/mol. The maximum absolute atomic E-state index is 6.17. The van der Waals surface area contributed by atoms with Gasteiger partial charge in [0.05, 0.1) is 14.9 Å². The minimum atomic E-state index is 0.600. The van der Waals surface area contributed by atoms with Crippen molar-refractivity contribution >= 4 is 46.3 Å². The van der Waals surface area contributed by atoms with E-state index in [1.54, 1.807) is 6.34 Å². The van der Waals surface area contributed by atoms with Crippen molar-refractivity contribution in [1.29, 1.82) is 0 Å². The molecule has 3 nitrogen and oxygen atoms in total. The third-order valence-corrected chi connectivity index (χ3v) is 4.00. The fraction of sp³-hybridized carbons (Fsp3) is 0.455. The number of rotatable bonds is 3. The van der Waals surface area contributed by atoms with Crippen molar-refractivity contribution < 1.29 is 0 Å². The summed E-state index contributed by atoms with van der Waals surface area (Å²) in [6.07, 6.45) is 4.19. The molecule has 0 bridgehead atoms. The van der Waals surface area contributed by atoms with E-state index in [-0.39, 0.29) is 0 Å². The highest BCUT2D eigenvalue weighted by atomic mass is 127. The van der Waals surface area contributed by atoms with Gasteiger partial charge in [0.15, 0.2) is 5.82 Å². The van der Waals surface area contributed by atoms with Crippen LogP contribution >= 0.6 is 34.2 Å². The Balaban J connectivity index is 2.34. The van der Waals surface area contributed by atoms with Gasteiger partial charge in [-0.25, -0.2) is 9.98 Å². The van der Waals surface area contributed by atoms with Gasteiger partial charge in [0.2, 0.25) is 0 Å². The fourth-order valence-corrected chi connectivity index (χ4v) is 1.96. The van der Waals surface area contributed by atoms with E-state index in [0.29, 0.717) is 5.92 Å². The maximum Gasteiger partial charge on any atom is 0.168 e. The van der Waals surface area contributed by atoms with Gasteiger partial charge in [-0.1, -0.05) is 11.6 Å². The molecule has 1 fully saturated rings. The molecular formula is C11H13ClIN3. The van der Waals surface area contributed by atoms with Gasteiger partial charge in [0.1, 0.15) is 0 Å². The zero-order chi connectivity index (χ0) is 11.7. The quantitative estimate of drug-likeness (QED) is 0.475. The van der Waals surface area contributed by atoms with Gasteiger partial charge in [0.25, 0.3) is 0 Å². The number of aromatic nitrogens is 1. The summed E-state index contributed by atoms with van der Waals surface area (Å²) < 4.78 is 0.918. The second-order valence-corrected chi connectivity index (χ2v) is 5.63. The van der Waals surface area contributed by atoms with Crippen LogP contribution in [0.3, 0.4) is 0 Å². The van der Waals surface area contributed by atoms with E-state index in [4.69, 9.17) is 11.6 Å². The molecule has 0 saturated heterocycles. The second kappa shape index (κ2) is 4.87. The van der Waals surface area contributed by atoms with Crippen LogP contribution in [-0.2, 0) is 0 Å². The van der Waals surface area contributed by atoms with E-state index in [9.17, 15) is 0 Å². The smallest absolute Gasteiger partial charge is 0.168 e. The monoisotopic (exact) mass is 349 g/mol. The zero-order valence-electron chi connectivity index (χ0n) is 9.24. The Bertz CT molecular complexity index is 427. The first-order valence-corrected chi connectivity index (χ1v) is 6.60. The lowest BCUT2D eigenvalue weighted by atomic mass is 10.2. The van der Waals surface area contributed by atoms with Gasteiger partial charge in [-0.3, -0.25) is 0 Å². The summed E-state index contributed by atoms with van der Waals surface area (Å²) in [6.45, 7) is 0. The van der Waals surface area contributed by atoms with Gasteiger partial charge >= 0.3 is 0 Å². The number of aliphatic imine (C=N–C) groups is 1. The largest absolute Gasteiger partial charge is 0.369 e. The minimum absolute atomic E-state index is 0.600. The normalized spacial score (nSPS) is 15.8. The molecule has 1 aliphatic carbocycles. The maximum atomic E-state index is 6.17. The van der Waals surface area contributed by atoms with Gasteiger partial charge in [-0.05, 0) is 41.5 Å². The lowest BCUT2D eigenvalue weighted by Gasteiger charge is -2.06. The van der Waals surface area contributed by atoms with Gasteiger partial charge in [-0.2, -0.15) is 0 Å². The third kappa shape index (κ3) is 2.85. The number of hydrogen-bond donors (Lipinski definition) is 0. The van der Waals surface area contributed by atoms with Crippen molar-refractivity contribution in [3.05, 3.63) is 20.4 Å². The molecular weight excluding hydrogens is 336 g/mol. The molecule has 16 heavy (non-hydrogen) atoms. The van der Waals surface area contributed by atoms with E-state index in [2.05, 4.69) is 32.6 Å². The average Bonchev–Trinajstić information content (AvgIpc) is 3.03. The summed E-state index contributed by atoms with van der Waals surface area (Å²) in [5.41, 5.74) is 1.08. The summed E-state index contributed by atoms with van der Waals surface area (Å²) >= 11 is 8.36. The Morgan fingerprint density at radius 3 is 2.81 bits per heavy atom. The number of pyridine rings is 1. The summed E-state index contributed by atoms with van der Waals surface area (Å²) in [5, 5.41) is 0.753. The van der Waals surface area contributed by atoms with Crippen LogP contribution in [0.5, 0.6) is 0 Å². The molecule has 0 atom stereocenters. The van der Waals surface area contributed by atoms with Gasteiger partial charge in [-0.15, -0.1) is 0 Å². The molecule has 0 spiro atoms. The molecule has 0 amide bonds. The Morgan fingerprint density at radius 2 is 2.25 bits per heavy atom. The Morgan fingerprint density at radius 1 is 1.56 bits per heavy atom. The van der Waals surface area contributed by atoms with Crippen LogP contribution in [0, 0.1) is 3.57 Å². The van der Waals surface area contributed by atoms with Crippen molar-refractivity contribution in [2.24, 2.45) is 4.99 Å². The Labute approximate surface area is 114 Å². The third-order valence-electron chi connectivity index (χ3n) is 2.32. The molecule has 5 heteroatoms. The van der Waals surface area contributed by atoms with Gasteiger partial charge < -0.3 is 4.90 Å². The molecule has 1 aliphatic rings. The highest BCUT2D eigenvalue weighted by molar-refractivity contribution is 14.1. The molecule has 0 N–H and O–H groups in total. The van der Waals surface area contributed by atoms with Crippen LogP contribution < -0.4 is 0 Å². The molecule has 1 saturated carbocycles. The molecule has 0 aromatic carbocycles. The fourth-order valence-electron chi connectivity index (χ4n) is 1.35.